The van der Waals surface area contributed by atoms with Crippen LogP contribution >= 0.6 is 11.6 Å². The second-order valence-electron chi connectivity index (χ2n) is 3.70. The van der Waals surface area contributed by atoms with E-state index in [9.17, 15) is 17.6 Å². The van der Waals surface area contributed by atoms with E-state index in [-0.39, 0.29) is 10.6 Å². The minimum absolute atomic E-state index is 0.0577. The number of alkyl halides is 3. The highest BCUT2D eigenvalue weighted by molar-refractivity contribution is 6.30. The lowest BCUT2D eigenvalue weighted by molar-refractivity contribution is -0.262. The fourth-order valence-electron chi connectivity index (χ4n) is 1.59. The van der Waals surface area contributed by atoms with E-state index in [4.69, 9.17) is 11.6 Å². The number of benzene rings is 1. The number of hydrogen-bond acceptors (Lipinski definition) is 1. The van der Waals surface area contributed by atoms with Crippen molar-refractivity contribution >= 4 is 11.6 Å². The highest BCUT2D eigenvalue weighted by atomic mass is 35.5. The summed E-state index contributed by atoms with van der Waals surface area (Å²) in [6, 6.07) is 3.04. The Kier molecular flexibility index (Phi) is 2.62. The van der Waals surface area contributed by atoms with E-state index in [0.717, 1.165) is 18.2 Å². The van der Waals surface area contributed by atoms with Crippen LogP contribution in [0.3, 0.4) is 0 Å². The van der Waals surface area contributed by atoms with Crippen LogP contribution in [0.2, 0.25) is 5.02 Å². The summed E-state index contributed by atoms with van der Waals surface area (Å²) in [5, 5.41) is -0.312. The highest BCUT2D eigenvalue weighted by Gasteiger charge is 2.61. The Morgan fingerprint density at radius 3 is 2.25 bits per heavy atom. The van der Waals surface area contributed by atoms with Crippen molar-refractivity contribution in [3.8, 4) is 0 Å². The number of ether oxygens (including phenoxy) is 1. The maximum atomic E-state index is 12.9. The summed E-state index contributed by atoms with van der Waals surface area (Å²) in [5.74, 6) is -0.733. The summed E-state index contributed by atoms with van der Waals surface area (Å²) < 4.78 is 56.1. The standard InChI is InChI=1S/C10H7ClF4O/c11-7-3-6(1-2-8(7)12)9(4-16-5-9)10(13,14)15/h1-3H,4-5H2. The Balaban J connectivity index is 2.45. The van der Waals surface area contributed by atoms with Crippen LogP contribution in [0.4, 0.5) is 17.6 Å². The van der Waals surface area contributed by atoms with Crippen molar-refractivity contribution in [2.24, 2.45) is 0 Å². The molecule has 0 saturated carbocycles. The van der Waals surface area contributed by atoms with Crippen LogP contribution in [0.25, 0.3) is 0 Å². The molecule has 0 bridgehead atoms. The Hall–Kier alpha value is -0.810. The van der Waals surface area contributed by atoms with Crippen LogP contribution < -0.4 is 0 Å². The Morgan fingerprint density at radius 2 is 1.88 bits per heavy atom. The van der Waals surface area contributed by atoms with Gasteiger partial charge in [0.2, 0.25) is 0 Å². The number of hydrogen-bond donors (Lipinski definition) is 0. The minimum Gasteiger partial charge on any atom is -0.379 e. The summed E-state index contributed by atoms with van der Waals surface area (Å²) in [7, 11) is 0. The third-order valence-corrected chi connectivity index (χ3v) is 3.00. The van der Waals surface area contributed by atoms with E-state index in [1.165, 1.54) is 0 Å². The number of halogens is 5. The molecular formula is C10H7ClF4O. The van der Waals surface area contributed by atoms with Gasteiger partial charge in [-0.15, -0.1) is 0 Å². The average Bonchev–Trinajstić information content (AvgIpc) is 2.06. The van der Waals surface area contributed by atoms with E-state index in [1.54, 1.807) is 0 Å². The molecule has 0 aliphatic carbocycles. The van der Waals surface area contributed by atoms with Crippen molar-refractivity contribution in [1.82, 2.24) is 0 Å². The lowest BCUT2D eigenvalue weighted by Gasteiger charge is -2.43. The summed E-state index contributed by atoms with van der Waals surface area (Å²) in [4.78, 5) is 0. The first-order valence-corrected chi connectivity index (χ1v) is 4.85. The van der Waals surface area contributed by atoms with Crippen LogP contribution in [-0.2, 0) is 10.2 Å². The van der Waals surface area contributed by atoms with Crippen LogP contribution in [0.15, 0.2) is 18.2 Å². The summed E-state index contributed by atoms with van der Waals surface area (Å²) in [6.45, 7) is -0.892. The first-order valence-electron chi connectivity index (χ1n) is 4.47. The molecule has 0 radical (unpaired) electrons. The third kappa shape index (κ3) is 1.58. The predicted molar refractivity (Wildman–Crippen MR) is 50.0 cm³/mol. The molecule has 0 spiro atoms. The van der Waals surface area contributed by atoms with Crippen molar-refractivity contribution in [1.29, 1.82) is 0 Å². The molecule has 1 aromatic carbocycles. The molecule has 0 atom stereocenters. The van der Waals surface area contributed by atoms with Gasteiger partial charge in [-0.2, -0.15) is 13.2 Å². The van der Waals surface area contributed by atoms with Gasteiger partial charge in [-0.05, 0) is 17.7 Å². The molecule has 0 amide bonds. The largest absolute Gasteiger partial charge is 0.402 e. The molecule has 1 aromatic rings. The van der Waals surface area contributed by atoms with Crippen molar-refractivity contribution in [3.05, 3.63) is 34.6 Å². The molecule has 1 heterocycles. The Labute approximate surface area is 94.0 Å². The second kappa shape index (κ2) is 3.60. The normalized spacial score (nSPS) is 19.3. The van der Waals surface area contributed by atoms with Crippen molar-refractivity contribution in [2.75, 3.05) is 13.2 Å². The van der Waals surface area contributed by atoms with Gasteiger partial charge in [-0.1, -0.05) is 17.7 Å². The fourth-order valence-corrected chi connectivity index (χ4v) is 1.77. The van der Waals surface area contributed by atoms with Gasteiger partial charge in [-0.3, -0.25) is 0 Å². The van der Waals surface area contributed by atoms with Gasteiger partial charge in [0.1, 0.15) is 11.2 Å². The second-order valence-corrected chi connectivity index (χ2v) is 4.11. The smallest absolute Gasteiger partial charge is 0.379 e. The number of rotatable bonds is 1. The van der Waals surface area contributed by atoms with Crippen LogP contribution in [-0.4, -0.2) is 19.4 Å². The Bertz CT molecular complexity index is 412. The first-order chi connectivity index (χ1) is 7.37. The lowest BCUT2D eigenvalue weighted by Crippen LogP contribution is -2.57. The molecule has 6 heteroatoms. The molecule has 1 saturated heterocycles. The van der Waals surface area contributed by atoms with E-state index in [0.29, 0.717) is 0 Å². The van der Waals surface area contributed by atoms with Crippen molar-refractivity contribution in [2.45, 2.75) is 11.6 Å². The predicted octanol–water partition coefficient (Wildman–Crippen LogP) is 3.31. The van der Waals surface area contributed by atoms with Gasteiger partial charge in [0.25, 0.3) is 0 Å². The molecule has 1 fully saturated rings. The average molecular weight is 255 g/mol. The highest BCUT2D eigenvalue weighted by Crippen LogP contribution is 2.46. The van der Waals surface area contributed by atoms with Gasteiger partial charge in [0.15, 0.2) is 0 Å². The zero-order valence-corrected chi connectivity index (χ0v) is 8.70. The van der Waals surface area contributed by atoms with Gasteiger partial charge >= 0.3 is 6.18 Å². The van der Waals surface area contributed by atoms with Crippen LogP contribution in [0.5, 0.6) is 0 Å². The molecule has 16 heavy (non-hydrogen) atoms. The van der Waals surface area contributed by atoms with Crippen LogP contribution in [0.1, 0.15) is 5.56 Å². The molecule has 1 aliphatic heterocycles. The quantitative estimate of drug-likeness (QED) is 0.699. The van der Waals surface area contributed by atoms with Crippen LogP contribution in [0, 0.1) is 5.82 Å². The minimum atomic E-state index is -4.42. The van der Waals surface area contributed by atoms with Gasteiger partial charge in [-0.25, -0.2) is 4.39 Å². The van der Waals surface area contributed by atoms with Crippen molar-refractivity contribution < 1.29 is 22.3 Å². The summed E-state index contributed by atoms with van der Waals surface area (Å²) in [6.07, 6.45) is -4.42. The maximum absolute atomic E-state index is 12.9. The molecular weight excluding hydrogens is 248 g/mol. The Morgan fingerprint density at radius 1 is 1.25 bits per heavy atom. The monoisotopic (exact) mass is 254 g/mol. The van der Waals surface area contributed by atoms with E-state index < -0.39 is 30.6 Å². The van der Waals surface area contributed by atoms with E-state index >= 15 is 0 Å². The molecule has 2 rings (SSSR count). The maximum Gasteiger partial charge on any atom is 0.402 e. The summed E-state index contributed by atoms with van der Waals surface area (Å²) in [5.41, 5.74) is -2.10. The van der Waals surface area contributed by atoms with E-state index in [2.05, 4.69) is 4.74 Å². The van der Waals surface area contributed by atoms with Crippen molar-refractivity contribution in [3.63, 3.8) is 0 Å². The van der Waals surface area contributed by atoms with E-state index in [1.807, 2.05) is 0 Å². The topological polar surface area (TPSA) is 9.23 Å². The molecule has 88 valence electrons. The fraction of sp³-hybridized carbons (Fsp3) is 0.400. The zero-order chi connectivity index (χ0) is 12.0. The molecule has 0 aromatic heterocycles. The molecule has 0 N–H and O–H groups in total. The summed E-state index contributed by atoms with van der Waals surface area (Å²) >= 11 is 5.47. The molecule has 1 aliphatic rings. The first kappa shape index (κ1) is 11.7. The zero-order valence-electron chi connectivity index (χ0n) is 7.94. The lowest BCUT2D eigenvalue weighted by atomic mass is 9.78. The van der Waals surface area contributed by atoms with Gasteiger partial charge in [0.05, 0.1) is 18.2 Å². The molecule has 1 nitrogen and oxygen atoms in total. The third-order valence-electron chi connectivity index (χ3n) is 2.71. The SMILES string of the molecule is Fc1ccc(C2(C(F)(F)F)COC2)cc1Cl. The molecule has 0 unspecified atom stereocenters. The van der Waals surface area contributed by atoms with Gasteiger partial charge in [0, 0.05) is 0 Å². The van der Waals surface area contributed by atoms with Gasteiger partial charge < -0.3 is 4.74 Å².